The molecular formula is C26H30N2O3S. The van der Waals surface area contributed by atoms with Crippen LogP contribution in [0.5, 0.6) is 11.5 Å². The molecule has 5 nitrogen and oxygen atoms in total. The summed E-state index contributed by atoms with van der Waals surface area (Å²) in [6.45, 7) is 0.800. The van der Waals surface area contributed by atoms with Crippen molar-refractivity contribution in [2.24, 2.45) is 28.6 Å². The molecule has 4 fully saturated rings. The lowest BCUT2D eigenvalue weighted by Crippen LogP contribution is -2.43. The van der Waals surface area contributed by atoms with Crippen LogP contribution >= 0.6 is 11.8 Å². The third-order valence-electron chi connectivity index (χ3n) is 8.80. The van der Waals surface area contributed by atoms with Crippen molar-refractivity contribution in [3.63, 3.8) is 0 Å². The first-order chi connectivity index (χ1) is 15.5. The van der Waals surface area contributed by atoms with Crippen LogP contribution in [0.2, 0.25) is 0 Å². The molecule has 2 aromatic rings. The van der Waals surface area contributed by atoms with Gasteiger partial charge < -0.3 is 14.8 Å². The second-order valence-electron chi connectivity index (χ2n) is 10.4. The molecule has 5 atom stereocenters. The number of carbonyl (C=O) groups is 1. The largest absolute Gasteiger partial charge is 0.497 e. The monoisotopic (exact) mass is 450 g/mol. The number of methoxy groups -OCH3 is 2. The van der Waals surface area contributed by atoms with Gasteiger partial charge in [-0.25, -0.2) is 4.98 Å². The number of fused-ring (bicyclic) bond motifs is 2. The van der Waals surface area contributed by atoms with Crippen LogP contribution in [0.4, 0.5) is 0 Å². The van der Waals surface area contributed by atoms with Crippen molar-refractivity contribution in [2.75, 3.05) is 20.8 Å². The third kappa shape index (κ3) is 3.06. The van der Waals surface area contributed by atoms with Crippen molar-refractivity contribution in [1.82, 2.24) is 10.3 Å². The van der Waals surface area contributed by atoms with E-state index in [4.69, 9.17) is 9.47 Å². The maximum atomic E-state index is 13.3. The van der Waals surface area contributed by atoms with Crippen LogP contribution in [0.1, 0.15) is 48.9 Å². The highest BCUT2D eigenvalue weighted by Crippen LogP contribution is 2.78. The molecule has 6 heteroatoms. The first-order valence-corrected chi connectivity index (χ1v) is 12.5. The number of aromatic nitrogens is 1. The highest BCUT2D eigenvalue weighted by atomic mass is 32.2. The van der Waals surface area contributed by atoms with Gasteiger partial charge in [-0.1, -0.05) is 11.8 Å². The molecule has 1 heterocycles. The van der Waals surface area contributed by atoms with Gasteiger partial charge in [-0.05, 0) is 97.4 Å². The van der Waals surface area contributed by atoms with E-state index in [2.05, 4.69) is 10.3 Å². The zero-order valence-corrected chi connectivity index (χ0v) is 19.5. The van der Waals surface area contributed by atoms with Crippen molar-refractivity contribution in [3.05, 3.63) is 42.1 Å². The summed E-state index contributed by atoms with van der Waals surface area (Å²) in [5.74, 6) is 4.25. The first-order valence-electron chi connectivity index (χ1n) is 11.7. The van der Waals surface area contributed by atoms with E-state index in [9.17, 15) is 4.79 Å². The van der Waals surface area contributed by atoms with Gasteiger partial charge in [0, 0.05) is 12.7 Å². The van der Waals surface area contributed by atoms with E-state index in [1.807, 2.05) is 30.3 Å². The maximum Gasteiger partial charge on any atom is 0.254 e. The number of nitrogens with one attached hydrogen (secondary N) is 1. The van der Waals surface area contributed by atoms with Crippen LogP contribution in [0.15, 0.2) is 46.5 Å². The zero-order chi connectivity index (χ0) is 21.9. The second-order valence-corrected chi connectivity index (χ2v) is 11.4. The molecular weight excluding hydrogens is 420 g/mol. The number of pyridine rings is 1. The molecule has 0 aliphatic heterocycles. The number of hydrogen-bond acceptors (Lipinski definition) is 5. The lowest BCUT2D eigenvalue weighted by Gasteiger charge is -2.49. The molecule has 0 radical (unpaired) electrons. The number of ether oxygens (including phenoxy) is 2. The summed E-state index contributed by atoms with van der Waals surface area (Å²) in [6, 6.07) is 9.36. The van der Waals surface area contributed by atoms with Crippen LogP contribution < -0.4 is 14.8 Å². The van der Waals surface area contributed by atoms with E-state index in [-0.39, 0.29) is 5.91 Å². The van der Waals surface area contributed by atoms with Gasteiger partial charge in [0.15, 0.2) is 0 Å². The van der Waals surface area contributed by atoms with Gasteiger partial charge in [0.1, 0.15) is 16.5 Å². The quantitative estimate of drug-likeness (QED) is 0.629. The maximum absolute atomic E-state index is 13.3. The van der Waals surface area contributed by atoms with Gasteiger partial charge in [-0.3, -0.25) is 4.79 Å². The Hall–Kier alpha value is -2.21. The molecule has 5 unspecified atom stereocenters. The summed E-state index contributed by atoms with van der Waals surface area (Å²) < 4.78 is 10.9. The van der Waals surface area contributed by atoms with Crippen LogP contribution in [0.3, 0.4) is 0 Å². The van der Waals surface area contributed by atoms with Gasteiger partial charge in [-0.2, -0.15) is 0 Å². The van der Waals surface area contributed by atoms with Gasteiger partial charge in [0.2, 0.25) is 0 Å². The minimum absolute atomic E-state index is 0.0249. The molecule has 1 amide bonds. The topological polar surface area (TPSA) is 60.5 Å². The SMILES string of the molecule is COc1ccc(OC)c(Sc2ncccc2C(=O)NCC23CC4CC5CC(C2)C5(C4)C3)c1. The van der Waals surface area contributed by atoms with Crippen molar-refractivity contribution in [2.45, 2.75) is 48.4 Å². The normalized spacial score (nSPS) is 33.5. The van der Waals surface area contributed by atoms with Crippen molar-refractivity contribution >= 4 is 17.7 Å². The molecule has 32 heavy (non-hydrogen) atoms. The van der Waals surface area contributed by atoms with E-state index in [0.717, 1.165) is 40.7 Å². The highest BCUT2D eigenvalue weighted by Gasteiger charge is 2.70. The second kappa shape index (κ2) is 7.41. The number of carbonyl (C=O) groups excluding carboxylic acids is 1. The lowest BCUT2D eigenvalue weighted by molar-refractivity contribution is -0.00254. The van der Waals surface area contributed by atoms with Crippen LogP contribution in [0.25, 0.3) is 0 Å². The fourth-order valence-electron chi connectivity index (χ4n) is 7.72. The molecule has 168 valence electrons. The summed E-state index contributed by atoms with van der Waals surface area (Å²) in [7, 11) is 3.29. The Morgan fingerprint density at radius 1 is 1.16 bits per heavy atom. The van der Waals surface area contributed by atoms with Gasteiger partial charge in [-0.15, -0.1) is 0 Å². The minimum Gasteiger partial charge on any atom is -0.497 e. The zero-order valence-electron chi connectivity index (χ0n) is 18.7. The summed E-state index contributed by atoms with van der Waals surface area (Å²) in [6.07, 6.45) is 10.0. The number of rotatable bonds is 7. The molecule has 4 saturated carbocycles. The molecule has 4 aliphatic rings. The van der Waals surface area contributed by atoms with E-state index >= 15 is 0 Å². The Bertz CT molecular complexity index is 1070. The Labute approximate surface area is 193 Å². The average molecular weight is 451 g/mol. The molecule has 0 saturated heterocycles. The van der Waals surface area contributed by atoms with E-state index < -0.39 is 0 Å². The smallest absolute Gasteiger partial charge is 0.254 e. The first kappa shape index (κ1) is 20.4. The average Bonchev–Trinajstić information content (AvgIpc) is 3.12. The predicted molar refractivity (Wildman–Crippen MR) is 123 cm³/mol. The fourth-order valence-corrected chi connectivity index (χ4v) is 8.74. The van der Waals surface area contributed by atoms with Gasteiger partial charge >= 0.3 is 0 Å². The van der Waals surface area contributed by atoms with E-state index in [1.165, 1.54) is 50.3 Å². The molecule has 1 aromatic heterocycles. The van der Waals surface area contributed by atoms with E-state index in [1.54, 1.807) is 20.4 Å². The third-order valence-corrected chi connectivity index (χ3v) is 9.86. The van der Waals surface area contributed by atoms with Gasteiger partial charge in [0.25, 0.3) is 5.91 Å². The number of amides is 1. The summed E-state index contributed by atoms with van der Waals surface area (Å²) >= 11 is 1.44. The summed E-state index contributed by atoms with van der Waals surface area (Å²) in [5, 5.41) is 4.00. The predicted octanol–water partition coefficient (Wildman–Crippen LogP) is 5.20. The molecule has 1 aromatic carbocycles. The molecule has 4 aliphatic carbocycles. The standard InChI is InChI=1S/C26H30N2O3S/c1-30-19-5-6-21(31-2)22(10-19)32-24-20(4-3-7-27-24)23(29)28-15-25-11-16-8-17-9-18(13-25)26(17,12-16)14-25/h3-7,10,16-18H,8-9,11-15H2,1-2H3,(H,28,29). The molecule has 1 spiro atoms. The minimum atomic E-state index is -0.0249. The highest BCUT2D eigenvalue weighted by molar-refractivity contribution is 7.99. The van der Waals surface area contributed by atoms with Gasteiger partial charge in [0.05, 0.1) is 24.7 Å². The molecule has 3 bridgehead atoms. The Balaban J connectivity index is 1.20. The lowest BCUT2D eigenvalue weighted by atomic mass is 9.55. The summed E-state index contributed by atoms with van der Waals surface area (Å²) in [5.41, 5.74) is 1.58. The summed E-state index contributed by atoms with van der Waals surface area (Å²) in [4.78, 5) is 18.7. The number of hydrogen-bond donors (Lipinski definition) is 1. The molecule has 6 rings (SSSR count). The van der Waals surface area contributed by atoms with Crippen molar-refractivity contribution in [3.8, 4) is 11.5 Å². The Kier molecular flexibility index (Phi) is 4.72. The van der Waals surface area contributed by atoms with E-state index in [0.29, 0.717) is 21.4 Å². The fraction of sp³-hybridized carbons (Fsp3) is 0.538. The van der Waals surface area contributed by atoms with Crippen molar-refractivity contribution < 1.29 is 14.3 Å². The molecule has 1 N–H and O–H groups in total. The van der Waals surface area contributed by atoms with Crippen molar-refractivity contribution in [1.29, 1.82) is 0 Å². The number of benzene rings is 1. The number of nitrogens with zero attached hydrogens (tertiary/aromatic N) is 1. The Morgan fingerprint density at radius 2 is 2.06 bits per heavy atom. The van der Waals surface area contributed by atoms with Crippen LogP contribution in [-0.2, 0) is 0 Å². The van der Waals surface area contributed by atoms with Crippen LogP contribution in [-0.4, -0.2) is 31.7 Å². The Morgan fingerprint density at radius 3 is 2.91 bits per heavy atom. The van der Waals surface area contributed by atoms with Crippen LogP contribution in [0, 0.1) is 28.6 Å².